The predicted molar refractivity (Wildman–Crippen MR) is 189 cm³/mol. The molecule has 10 nitrogen and oxygen atoms in total. The minimum Gasteiger partial charge on any atom is -0.478 e. The van der Waals surface area contributed by atoms with E-state index < -0.39 is 33.5 Å². The Morgan fingerprint density at radius 1 is 0.880 bits per heavy atom. The number of aromatic carboxylic acids is 1. The molecule has 5 aromatic rings. The van der Waals surface area contributed by atoms with Crippen LogP contribution in [-0.2, 0) is 41.3 Å². The molecule has 2 amide bonds. The van der Waals surface area contributed by atoms with Gasteiger partial charge in [-0.25, -0.2) is 23.2 Å². The van der Waals surface area contributed by atoms with Gasteiger partial charge in [0.05, 0.1) is 24.4 Å². The maximum Gasteiger partial charge on any atom is 0.336 e. The number of amides is 2. The third kappa shape index (κ3) is 5.42. The fourth-order valence-corrected chi connectivity index (χ4v) is 9.68. The van der Waals surface area contributed by atoms with Crippen molar-refractivity contribution < 1.29 is 23.6 Å². The molecule has 8 rings (SSSR count). The quantitative estimate of drug-likeness (QED) is 0.158. The number of fused-ring (bicyclic) bond motifs is 3. The van der Waals surface area contributed by atoms with Crippen LogP contribution in [0, 0.1) is 0 Å². The number of ether oxygens (including phenoxy) is 1. The maximum absolute atomic E-state index is 15.8. The molecule has 50 heavy (non-hydrogen) atoms. The Morgan fingerprint density at radius 3 is 2.14 bits per heavy atom. The number of carbonyl (C=O) groups is 2. The molecule has 0 saturated heterocycles. The van der Waals surface area contributed by atoms with E-state index in [1.807, 2.05) is 91.0 Å². The van der Waals surface area contributed by atoms with Crippen molar-refractivity contribution in [3.05, 3.63) is 148 Å². The number of nitrogens with zero attached hydrogens (tertiary/aromatic N) is 3. The van der Waals surface area contributed by atoms with Crippen molar-refractivity contribution in [3.8, 4) is 5.88 Å². The van der Waals surface area contributed by atoms with Gasteiger partial charge in [0.2, 0.25) is 5.88 Å². The zero-order valence-corrected chi connectivity index (χ0v) is 28.2. The van der Waals surface area contributed by atoms with E-state index in [0.717, 1.165) is 52.6 Å². The van der Waals surface area contributed by atoms with Gasteiger partial charge in [-0.15, -0.1) is 0 Å². The van der Waals surface area contributed by atoms with Crippen LogP contribution in [0.4, 0.5) is 4.79 Å². The van der Waals surface area contributed by atoms with Crippen molar-refractivity contribution in [1.82, 2.24) is 19.8 Å². The first kappa shape index (κ1) is 31.8. The first-order valence-electron chi connectivity index (χ1n) is 17.0. The van der Waals surface area contributed by atoms with Crippen LogP contribution < -0.4 is 14.8 Å². The molecule has 0 saturated carbocycles. The summed E-state index contributed by atoms with van der Waals surface area (Å²) in [5.74, 6) is -0.696. The summed E-state index contributed by atoms with van der Waals surface area (Å²) in [6, 6.07) is 29.6. The Balaban J connectivity index is 1.30. The average Bonchev–Trinajstić information content (AvgIpc) is 3.90. The van der Waals surface area contributed by atoms with Crippen LogP contribution in [0.25, 0.3) is 0 Å². The Labute approximate surface area is 290 Å². The Kier molecular flexibility index (Phi) is 8.14. The molecule has 1 aromatic heterocycles. The molecule has 0 fully saturated rings. The lowest BCUT2D eigenvalue weighted by Gasteiger charge is -2.33. The fourth-order valence-electron chi connectivity index (χ4n) is 7.82. The highest BCUT2D eigenvalue weighted by Crippen LogP contribution is 2.44. The third-order valence-corrected chi connectivity index (χ3v) is 11.8. The SMILES string of the molecule is O=C(NC1CCc2cc3c(c(C(=O)O)c21)CCC3)NS(=O)(=NC(c1ccccc1)(c1ccccc1)c1ccccc1)c1cnn2c1OCCC2. The van der Waals surface area contributed by atoms with Gasteiger partial charge < -0.3 is 15.2 Å². The molecule has 3 aliphatic rings. The average molecular weight is 688 g/mol. The number of rotatable bonds is 8. The lowest BCUT2D eigenvalue weighted by atomic mass is 9.78. The molecular weight excluding hydrogens is 651 g/mol. The highest BCUT2D eigenvalue weighted by Gasteiger charge is 2.41. The molecule has 2 aliphatic carbocycles. The summed E-state index contributed by atoms with van der Waals surface area (Å²) in [7, 11) is -3.88. The number of nitrogens with one attached hydrogen (secondary N) is 2. The van der Waals surface area contributed by atoms with E-state index in [2.05, 4.69) is 21.2 Å². The second-order valence-corrected chi connectivity index (χ2v) is 14.8. The van der Waals surface area contributed by atoms with Crippen LogP contribution in [-0.4, -0.2) is 37.7 Å². The van der Waals surface area contributed by atoms with E-state index >= 15 is 4.21 Å². The molecular formula is C39H37N5O5S. The lowest BCUT2D eigenvalue weighted by Crippen LogP contribution is -2.42. The largest absolute Gasteiger partial charge is 0.478 e. The molecule has 4 aromatic carbocycles. The first-order valence-corrected chi connectivity index (χ1v) is 18.5. The highest BCUT2D eigenvalue weighted by molar-refractivity contribution is 7.92. The number of carboxylic acid groups (broad SMARTS) is 1. The summed E-state index contributed by atoms with van der Waals surface area (Å²) < 4.78 is 31.6. The summed E-state index contributed by atoms with van der Waals surface area (Å²) >= 11 is 0. The first-order chi connectivity index (χ1) is 24.4. The number of hydrogen-bond donors (Lipinski definition) is 3. The molecule has 2 unspecified atom stereocenters. The molecule has 0 bridgehead atoms. The molecule has 11 heteroatoms. The number of urea groups is 1. The van der Waals surface area contributed by atoms with Gasteiger partial charge in [0.25, 0.3) is 0 Å². The van der Waals surface area contributed by atoms with E-state index in [-0.39, 0.29) is 4.90 Å². The van der Waals surface area contributed by atoms with Gasteiger partial charge in [-0.2, -0.15) is 9.46 Å². The monoisotopic (exact) mass is 687 g/mol. The Bertz CT molecular complexity index is 2120. The van der Waals surface area contributed by atoms with Crippen LogP contribution in [0.1, 0.15) is 74.6 Å². The van der Waals surface area contributed by atoms with E-state index in [9.17, 15) is 14.7 Å². The van der Waals surface area contributed by atoms with Gasteiger partial charge in [-0.3, -0.25) is 0 Å². The molecule has 254 valence electrons. The second-order valence-electron chi connectivity index (χ2n) is 13.0. The van der Waals surface area contributed by atoms with Gasteiger partial charge >= 0.3 is 12.0 Å². The summed E-state index contributed by atoms with van der Waals surface area (Å²) in [5.41, 5.74) is 4.71. The van der Waals surface area contributed by atoms with E-state index in [1.54, 1.807) is 4.68 Å². The topological polar surface area (TPSA) is 135 Å². The van der Waals surface area contributed by atoms with Crippen LogP contribution in [0.15, 0.2) is 113 Å². The summed E-state index contributed by atoms with van der Waals surface area (Å²) in [6.07, 6.45) is 5.83. The van der Waals surface area contributed by atoms with E-state index in [4.69, 9.17) is 9.10 Å². The number of hydrogen-bond acceptors (Lipinski definition) is 6. The number of benzene rings is 4. The molecule has 3 N–H and O–H groups in total. The third-order valence-electron chi connectivity index (χ3n) is 9.98. The van der Waals surface area contributed by atoms with Gasteiger partial charge in [0.15, 0.2) is 9.92 Å². The Morgan fingerprint density at radius 2 is 1.52 bits per heavy atom. The standard InChI is InChI=1S/C39H37N5O5S/c45-37(46)35-31-19-10-12-26(31)24-27-20-21-32(34(27)35)41-38(47)42-50(48,33-25-40-44-22-11-23-49-36(33)44)43-39(28-13-4-1-5-14-28,29-15-6-2-7-16-29)30-17-8-3-9-18-30/h1-9,13-18,24-25,32H,10-12,19-23H2,(H,45,46)(H2,41,42,43,47,48). The van der Waals surface area contributed by atoms with Gasteiger partial charge in [-0.05, 0) is 71.0 Å². The summed E-state index contributed by atoms with van der Waals surface area (Å²) in [5, 5.41) is 17.8. The fraction of sp³-hybridized carbons (Fsp3) is 0.256. The van der Waals surface area contributed by atoms with E-state index in [1.165, 1.54) is 6.20 Å². The highest BCUT2D eigenvalue weighted by atomic mass is 32.2. The van der Waals surface area contributed by atoms with Gasteiger partial charge in [-0.1, -0.05) is 97.1 Å². The normalized spacial score (nSPS) is 17.4. The van der Waals surface area contributed by atoms with Crippen molar-refractivity contribution in [2.75, 3.05) is 6.61 Å². The number of aryl methyl sites for hydroxylation is 3. The molecule has 0 spiro atoms. The van der Waals surface area contributed by atoms with Crippen LogP contribution in [0.2, 0.25) is 0 Å². The number of carboxylic acids is 1. The van der Waals surface area contributed by atoms with Crippen molar-refractivity contribution in [1.29, 1.82) is 0 Å². The van der Waals surface area contributed by atoms with Crippen molar-refractivity contribution in [2.45, 2.75) is 61.5 Å². The second kappa shape index (κ2) is 12.8. The summed E-state index contributed by atoms with van der Waals surface area (Å²) in [4.78, 5) is 27.0. The van der Waals surface area contributed by atoms with Crippen LogP contribution in [0.3, 0.4) is 0 Å². The van der Waals surface area contributed by atoms with Gasteiger partial charge in [0.1, 0.15) is 10.4 Å². The Hall–Kier alpha value is -5.42. The minimum atomic E-state index is -3.88. The van der Waals surface area contributed by atoms with Crippen LogP contribution in [0.5, 0.6) is 5.88 Å². The van der Waals surface area contributed by atoms with Crippen molar-refractivity contribution >= 4 is 21.9 Å². The number of aromatic nitrogens is 2. The molecule has 1 aliphatic heterocycles. The van der Waals surface area contributed by atoms with Crippen LogP contribution >= 0.6 is 0 Å². The minimum absolute atomic E-state index is 0.162. The molecule has 2 heterocycles. The van der Waals surface area contributed by atoms with Crippen molar-refractivity contribution in [2.24, 2.45) is 4.36 Å². The molecule has 2 atom stereocenters. The predicted octanol–water partition coefficient (Wildman–Crippen LogP) is 6.57. The van der Waals surface area contributed by atoms with Gasteiger partial charge in [0, 0.05) is 13.0 Å². The molecule has 0 radical (unpaired) electrons. The van der Waals surface area contributed by atoms with E-state index in [0.29, 0.717) is 49.4 Å². The smallest absolute Gasteiger partial charge is 0.336 e. The zero-order chi connectivity index (χ0) is 34.3. The maximum atomic E-state index is 15.8. The van der Waals surface area contributed by atoms with Crippen molar-refractivity contribution in [3.63, 3.8) is 0 Å². The number of carbonyl (C=O) groups excluding carboxylic acids is 1. The lowest BCUT2D eigenvalue weighted by molar-refractivity contribution is 0.0693. The summed E-state index contributed by atoms with van der Waals surface area (Å²) in [6.45, 7) is 0.974. The zero-order valence-electron chi connectivity index (χ0n) is 27.4.